The highest BCUT2D eigenvalue weighted by molar-refractivity contribution is 5.92. The van der Waals surface area contributed by atoms with Crippen molar-refractivity contribution in [2.45, 2.75) is 18.9 Å². The van der Waals surface area contributed by atoms with Crippen LogP contribution in [0.5, 0.6) is 0 Å². The third-order valence-electron chi connectivity index (χ3n) is 3.77. The van der Waals surface area contributed by atoms with E-state index in [2.05, 4.69) is 29.2 Å². The molecule has 0 radical (unpaired) electrons. The number of amides is 1. The number of hydrogen-bond acceptors (Lipinski definition) is 4. The topological polar surface area (TPSA) is 61.6 Å². The van der Waals surface area contributed by atoms with Crippen LogP contribution in [0.1, 0.15) is 12.8 Å². The number of carbonyl (C=O) groups is 1. The summed E-state index contributed by atoms with van der Waals surface area (Å²) in [5.41, 5.74) is 7.12. The van der Waals surface area contributed by atoms with Gasteiger partial charge in [0, 0.05) is 24.0 Å². The first kappa shape index (κ1) is 14.8. The number of likely N-dealkylation sites (N-methyl/N-ethyl adjacent to an activating group) is 1. The van der Waals surface area contributed by atoms with Crippen LogP contribution in [0.2, 0.25) is 0 Å². The minimum Gasteiger partial charge on any atom is -0.399 e. The molecule has 5 heteroatoms. The van der Waals surface area contributed by atoms with Gasteiger partial charge >= 0.3 is 0 Å². The molecule has 0 saturated carbocycles. The summed E-state index contributed by atoms with van der Waals surface area (Å²) in [5, 5.41) is 2.91. The average Bonchev–Trinajstić information content (AvgIpc) is 2.41. The number of rotatable bonds is 4. The van der Waals surface area contributed by atoms with Crippen molar-refractivity contribution in [2.75, 3.05) is 44.8 Å². The van der Waals surface area contributed by atoms with Crippen LogP contribution in [0.4, 0.5) is 11.4 Å². The highest BCUT2D eigenvalue weighted by Gasteiger charge is 2.22. The summed E-state index contributed by atoms with van der Waals surface area (Å²) in [6.07, 6.45) is 2.36. The number of nitrogens with zero attached hydrogens (tertiary/aromatic N) is 2. The van der Waals surface area contributed by atoms with Gasteiger partial charge in [-0.1, -0.05) is 0 Å². The zero-order chi connectivity index (χ0) is 14.5. The van der Waals surface area contributed by atoms with E-state index >= 15 is 0 Å². The second kappa shape index (κ2) is 6.72. The van der Waals surface area contributed by atoms with Crippen molar-refractivity contribution in [3.63, 3.8) is 0 Å². The fourth-order valence-corrected chi connectivity index (χ4v) is 2.57. The number of piperidine rings is 1. The Morgan fingerprint density at radius 1 is 1.40 bits per heavy atom. The molecule has 0 bridgehead atoms. The first-order chi connectivity index (χ1) is 9.54. The largest absolute Gasteiger partial charge is 0.399 e. The number of hydrogen-bond donors (Lipinski definition) is 2. The van der Waals surface area contributed by atoms with E-state index in [0.717, 1.165) is 25.2 Å². The molecule has 1 saturated heterocycles. The van der Waals surface area contributed by atoms with Crippen LogP contribution in [0, 0.1) is 0 Å². The van der Waals surface area contributed by atoms with Gasteiger partial charge in [-0.05, 0) is 57.7 Å². The maximum Gasteiger partial charge on any atom is 0.238 e. The molecule has 1 atom stereocenters. The first-order valence-electron chi connectivity index (χ1n) is 7.09. The number of benzene rings is 1. The van der Waals surface area contributed by atoms with Gasteiger partial charge in [0.1, 0.15) is 0 Å². The molecule has 2 rings (SSSR count). The highest BCUT2D eigenvalue weighted by atomic mass is 16.2. The number of likely N-dealkylation sites (tertiary alicyclic amines) is 1. The molecule has 0 aromatic heterocycles. The van der Waals surface area contributed by atoms with Crippen LogP contribution in [0.15, 0.2) is 24.3 Å². The van der Waals surface area contributed by atoms with Gasteiger partial charge in [-0.25, -0.2) is 0 Å². The van der Waals surface area contributed by atoms with Crippen LogP contribution in [0.3, 0.4) is 0 Å². The fraction of sp³-hybridized carbons (Fsp3) is 0.533. The van der Waals surface area contributed by atoms with Crippen molar-refractivity contribution < 1.29 is 4.79 Å². The van der Waals surface area contributed by atoms with Gasteiger partial charge in [-0.2, -0.15) is 0 Å². The molecule has 3 N–H and O–H groups in total. The third kappa shape index (κ3) is 4.21. The summed E-state index contributed by atoms with van der Waals surface area (Å²) >= 11 is 0. The van der Waals surface area contributed by atoms with E-state index in [4.69, 9.17) is 5.73 Å². The van der Waals surface area contributed by atoms with Gasteiger partial charge in [0.05, 0.1) is 6.54 Å². The van der Waals surface area contributed by atoms with Crippen molar-refractivity contribution in [1.82, 2.24) is 9.80 Å². The maximum absolute atomic E-state index is 12.0. The van der Waals surface area contributed by atoms with Crippen molar-refractivity contribution in [1.29, 1.82) is 0 Å². The van der Waals surface area contributed by atoms with E-state index in [0.29, 0.717) is 18.3 Å². The van der Waals surface area contributed by atoms with E-state index < -0.39 is 0 Å². The lowest BCUT2D eigenvalue weighted by Crippen LogP contribution is -2.47. The predicted molar refractivity (Wildman–Crippen MR) is 82.6 cm³/mol. The van der Waals surface area contributed by atoms with E-state index in [1.165, 1.54) is 6.42 Å². The molecule has 0 spiro atoms. The van der Waals surface area contributed by atoms with E-state index in [9.17, 15) is 4.79 Å². The minimum absolute atomic E-state index is 0.0363. The number of nitrogens with one attached hydrogen (secondary N) is 1. The Hall–Kier alpha value is -1.59. The summed E-state index contributed by atoms with van der Waals surface area (Å²) < 4.78 is 0. The van der Waals surface area contributed by atoms with Crippen LogP contribution >= 0.6 is 0 Å². The molecule has 110 valence electrons. The first-order valence-corrected chi connectivity index (χ1v) is 7.09. The molecule has 1 unspecified atom stereocenters. The molecule has 1 aliphatic heterocycles. The highest BCUT2D eigenvalue weighted by Crippen LogP contribution is 2.14. The molecule has 1 aromatic carbocycles. The van der Waals surface area contributed by atoms with Gasteiger partial charge in [-0.15, -0.1) is 0 Å². The smallest absolute Gasteiger partial charge is 0.238 e. The summed E-state index contributed by atoms with van der Waals surface area (Å²) in [6, 6.07) is 7.78. The number of carbonyl (C=O) groups excluding carboxylic acids is 1. The molecule has 1 fully saturated rings. The molecule has 1 aliphatic rings. The molecule has 1 aromatic rings. The van der Waals surface area contributed by atoms with Gasteiger partial charge in [-0.3, -0.25) is 9.69 Å². The zero-order valence-corrected chi connectivity index (χ0v) is 12.3. The van der Waals surface area contributed by atoms with Gasteiger partial charge in [0.15, 0.2) is 0 Å². The monoisotopic (exact) mass is 276 g/mol. The summed E-state index contributed by atoms with van der Waals surface area (Å²) in [5.74, 6) is 0.0363. The minimum atomic E-state index is 0.0363. The molecule has 20 heavy (non-hydrogen) atoms. The Morgan fingerprint density at radius 3 is 2.75 bits per heavy atom. The Kier molecular flexibility index (Phi) is 4.98. The zero-order valence-electron chi connectivity index (χ0n) is 12.3. The van der Waals surface area contributed by atoms with Crippen molar-refractivity contribution in [3.05, 3.63) is 24.3 Å². The van der Waals surface area contributed by atoms with Crippen molar-refractivity contribution >= 4 is 17.3 Å². The SMILES string of the molecule is CN(C)C1CCCN(CC(=O)Nc2ccc(N)cc2)C1. The quantitative estimate of drug-likeness (QED) is 0.812. The number of nitrogens with two attached hydrogens (primary N) is 1. The molecule has 1 heterocycles. The lowest BCUT2D eigenvalue weighted by atomic mass is 10.1. The van der Waals surface area contributed by atoms with Gasteiger partial charge < -0.3 is 16.0 Å². The van der Waals surface area contributed by atoms with Crippen molar-refractivity contribution in [3.8, 4) is 0 Å². The van der Waals surface area contributed by atoms with Crippen molar-refractivity contribution in [2.24, 2.45) is 0 Å². The van der Waals surface area contributed by atoms with E-state index in [-0.39, 0.29) is 5.91 Å². The lowest BCUT2D eigenvalue weighted by molar-refractivity contribution is -0.117. The Labute approximate surface area is 120 Å². The Bertz CT molecular complexity index is 444. The Morgan fingerprint density at radius 2 is 2.10 bits per heavy atom. The van der Waals surface area contributed by atoms with Crippen LogP contribution in [0.25, 0.3) is 0 Å². The fourth-order valence-electron chi connectivity index (χ4n) is 2.57. The summed E-state index contributed by atoms with van der Waals surface area (Å²) in [6.45, 7) is 2.41. The second-order valence-corrected chi connectivity index (χ2v) is 5.66. The predicted octanol–water partition coefficient (Wildman–Crippen LogP) is 1.23. The molecule has 0 aliphatic carbocycles. The Balaban J connectivity index is 1.83. The van der Waals surface area contributed by atoms with Crippen LogP contribution in [-0.2, 0) is 4.79 Å². The summed E-state index contributed by atoms with van der Waals surface area (Å²) in [4.78, 5) is 16.5. The van der Waals surface area contributed by atoms with Crippen LogP contribution < -0.4 is 11.1 Å². The lowest BCUT2D eigenvalue weighted by Gasteiger charge is -2.35. The summed E-state index contributed by atoms with van der Waals surface area (Å²) in [7, 11) is 4.20. The normalized spacial score (nSPS) is 20.1. The van der Waals surface area contributed by atoms with Gasteiger partial charge in [0.25, 0.3) is 0 Å². The number of anilines is 2. The number of nitrogen functional groups attached to an aromatic ring is 1. The second-order valence-electron chi connectivity index (χ2n) is 5.66. The van der Waals surface area contributed by atoms with E-state index in [1.54, 1.807) is 12.1 Å². The van der Waals surface area contributed by atoms with Gasteiger partial charge in [0.2, 0.25) is 5.91 Å². The molecule has 1 amide bonds. The maximum atomic E-state index is 12.0. The molecule has 5 nitrogen and oxygen atoms in total. The van der Waals surface area contributed by atoms with Crippen LogP contribution in [-0.4, -0.2) is 55.5 Å². The average molecular weight is 276 g/mol. The molecular weight excluding hydrogens is 252 g/mol. The standard InChI is InChI=1S/C15H24N4O/c1-18(2)14-4-3-9-19(10-14)11-15(20)17-13-7-5-12(16)6-8-13/h5-8,14H,3-4,9-11,16H2,1-2H3,(H,17,20). The molecular formula is C15H24N4O. The third-order valence-corrected chi connectivity index (χ3v) is 3.77. The van der Waals surface area contributed by atoms with E-state index in [1.807, 2.05) is 12.1 Å².